The number of carbonyl (C=O) groups excluding carboxylic acids is 1. The van der Waals surface area contributed by atoms with Gasteiger partial charge in [-0.3, -0.25) is 4.79 Å². The summed E-state index contributed by atoms with van der Waals surface area (Å²) in [6, 6.07) is 0. The van der Waals surface area contributed by atoms with E-state index in [2.05, 4.69) is 10.5 Å². The maximum atomic E-state index is 12.1. The van der Waals surface area contributed by atoms with E-state index in [0.717, 1.165) is 29.7 Å². The van der Waals surface area contributed by atoms with Crippen LogP contribution in [0.15, 0.2) is 10.7 Å². The van der Waals surface area contributed by atoms with Crippen LogP contribution in [0.2, 0.25) is 0 Å². The van der Waals surface area contributed by atoms with Crippen LogP contribution in [0.1, 0.15) is 43.3 Å². The zero-order valence-corrected chi connectivity index (χ0v) is 11.5. The number of amides is 1. The van der Waals surface area contributed by atoms with Gasteiger partial charge in [-0.1, -0.05) is 5.16 Å². The van der Waals surface area contributed by atoms with Gasteiger partial charge < -0.3 is 14.9 Å². The summed E-state index contributed by atoms with van der Waals surface area (Å²) in [5, 5.41) is 15.9. The molecular formula is C13H12N2O4S. The Morgan fingerprint density at radius 1 is 1.45 bits per heavy atom. The third-order valence-electron chi connectivity index (χ3n) is 3.32. The van der Waals surface area contributed by atoms with Crippen LogP contribution < -0.4 is 5.32 Å². The van der Waals surface area contributed by atoms with Crippen LogP contribution in [0, 0.1) is 6.92 Å². The molecule has 0 radical (unpaired) electrons. The summed E-state index contributed by atoms with van der Waals surface area (Å²) < 4.78 is 4.87. The van der Waals surface area contributed by atoms with Crippen molar-refractivity contribution in [3.05, 3.63) is 33.5 Å². The standard InChI is InChI=1S/C13H12N2O4S/c1-6-5-14-19-10(6)11(16)15-12-9(13(17)18)7-3-2-4-8(7)20-12/h5H,2-4H2,1H3,(H,15,16)(H,17,18). The zero-order valence-electron chi connectivity index (χ0n) is 10.7. The summed E-state index contributed by atoms with van der Waals surface area (Å²) in [5.41, 5.74) is 1.68. The molecule has 2 aromatic rings. The molecule has 0 unspecified atom stereocenters. The van der Waals surface area contributed by atoms with Gasteiger partial charge in [0.15, 0.2) is 0 Å². The third-order valence-corrected chi connectivity index (χ3v) is 4.52. The fourth-order valence-electron chi connectivity index (χ4n) is 2.39. The quantitative estimate of drug-likeness (QED) is 0.906. The summed E-state index contributed by atoms with van der Waals surface area (Å²) >= 11 is 1.33. The zero-order chi connectivity index (χ0) is 14.3. The minimum absolute atomic E-state index is 0.106. The Kier molecular flexibility index (Phi) is 3.06. The molecule has 20 heavy (non-hydrogen) atoms. The van der Waals surface area contributed by atoms with Crippen molar-refractivity contribution in [2.45, 2.75) is 26.2 Å². The Morgan fingerprint density at radius 3 is 2.90 bits per heavy atom. The number of carboxylic acid groups (broad SMARTS) is 1. The van der Waals surface area contributed by atoms with Crippen LogP contribution >= 0.6 is 11.3 Å². The molecule has 3 rings (SSSR count). The van der Waals surface area contributed by atoms with Gasteiger partial charge in [-0.05, 0) is 31.7 Å². The van der Waals surface area contributed by atoms with Crippen LogP contribution in [0.3, 0.4) is 0 Å². The van der Waals surface area contributed by atoms with Gasteiger partial charge in [0.1, 0.15) is 5.00 Å². The first-order valence-electron chi connectivity index (χ1n) is 6.18. The lowest BCUT2D eigenvalue weighted by Gasteiger charge is -2.03. The molecule has 0 aliphatic heterocycles. The van der Waals surface area contributed by atoms with Gasteiger partial charge >= 0.3 is 5.97 Å². The Hall–Kier alpha value is -2.15. The van der Waals surface area contributed by atoms with Gasteiger partial charge in [-0.15, -0.1) is 11.3 Å². The molecule has 0 atom stereocenters. The van der Waals surface area contributed by atoms with Crippen molar-refractivity contribution in [2.75, 3.05) is 5.32 Å². The summed E-state index contributed by atoms with van der Waals surface area (Å²) in [5.74, 6) is -1.37. The number of aromatic carboxylic acids is 1. The molecule has 1 aliphatic rings. The molecule has 2 aromatic heterocycles. The molecule has 0 saturated heterocycles. The Bertz CT molecular complexity index is 701. The minimum atomic E-state index is -1.01. The third kappa shape index (κ3) is 2.00. The van der Waals surface area contributed by atoms with Crippen molar-refractivity contribution in [2.24, 2.45) is 0 Å². The number of carbonyl (C=O) groups is 2. The normalized spacial score (nSPS) is 13.2. The van der Waals surface area contributed by atoms with E-state index in [1.165, 1.54) is 17.5 Å². The molecule has 0 spiro atoms. The lowest BCUT2D eigenvalue weighted by Crippen LogP contribution is -2.14. The van der Waals surface area contributed by atoms with Crippen LogP contribution in [-0.4, -0.2) is 22.1 Å². The summed E-state index contributed by atoms with van der Waals surface area (Å²) in [4.78, 5) is 24.5. The molecule has 6 nitrogen and oxygen atoms in total. The SMILES string of the molecule is Cc1cnoc1C(=O)Nc1sc2c(c1C(=O)O)CCC2. The second-order valence-corrected chi connectivity index (χ2v) is 5.76. The molecule has 104 valence electrons. The van der Waals surface area contributed by atoms with Gasteiger partial charge in [0.25, 0.3) is 5.91 Å². The van der Waals surface area contributed by atoms with E-state index in [1.807, 2.05) is 0 Å². The number of thiophene rings is 1. The molecular weight excluding hydrogens is 280 g/mol. The van der Waals surface area contributed by atoms with Crippen molar-refractivity contribution in [3.63, 3.8) is 0 Å². The Morgan fingerprint density at radius 2 is 2.25 bits per heavy atom. The van der Waals surface area contributed by atoms with Crippen molar-refractivity contribution >= 4 is 28.2 Å². The molecule has 0 bridgehead atoms. The van der Waals surface area contributed by atoms with Crippen LogP contribution in [-0.2, 0) is 12.8 Å². The number of hydrogen-bond acceptors (Lipinski definition) is 5. The van der Waals surface area contributed by atoms with E-state index in [0.29, 0.717) is 10.6 Å². The van der Waals surface area contributed by atoms with Crippen LogP contribution in [0.4, 0.5) is 5.00 Å². The molecule has 7 heteroatoms. The Balaban J connectivity index is 1.94. The average Bonchev–Trinajstić information content (AvgIpc) is 3.03. The average molecular weight is 292 g/mol. The molecule has 2 N–H and O–H groups in total. The van der Waals surface area contributed by atoms with Crippen molar-refractivity contribution in [3.8, 4) is 0 Å². The number of nitrogens with zero attached hydrogens (tertiary/aromatic N) is 1. The number of aryl methyl sites for hydroxylation is 2. The number of fused-ring (bicyclic) bond motifs is 1. The van der Waals surface area contributed by atoms with Gasteiger partial charge in [0.05, 0.1) is 11.8 Å². The predicted molar refractivity (Wildman–Crippen MR) is 72.5 cm³/mol. The van der Waals surface area contributed by atoms with E-state index >= 15 is 0 Å². The molecule has 0 saturated carbocycles. The van der Waals surface area contributed by atoms with E-state index in [1.54, 1.807) is 6.92 Å². The number of carboxylic acids is 1. The molecule has 0 aromatic carbocycles. The van der Waals surface area contributed by atoms with E-state index < -0.39 is 11.9 Å². The van der Waals surface area contributed by atoms with Crippen molar-refractivity contribution in [1.29, 1.82) is 0 Å². The van der Waals surface area contributed by atoms with E-state index in [9.17, 15) is 14.7 Å². The lowest BCUT2D eigenvalue weighted by molar-refractivity contribution is 0.0697. The number of aromatic nitrogens is 1. The summed E-state index contributed by atoms with van der Waals surface area (Å²) in [7, 11) is 0. The second kappa shape index (κ2) is 4.75. The van der Waals surface area contributed by atoms with Gasteiger partial charge in [0.2, 0.25) is 5.76 Å². The molecule has 1 aliphatic carbocycles. The fourth-order valence-corrected chi connectivity index (χ4v) is 3.66. The van der Waals surface area contributed by atoms with Gasteiger partial charge in [-0.25, -0.2) is 4.79 Å². The van der Waals surface area contributed by atoms with Gasteiger partial charge in [-0.2, -0.15) is 0 Å². The Labute approximate surface area is 118 Å². The highest BCUT2D eigenvalue weighted by molar-refractivity contribution is 7.17. The first kappa shape index (κ1) is 12.9. The highest BCUT2D eigenvalue weighted by Crippen LogP contribution is 2.39. The molecule has 0 fully saturated rings. The monoisotopic (exact) mass is 292 g/mol. The number of nitrogens with one attached hydrogen (secondary N) is 1. The van der Waals surface area contributed by atoms with Crippen molar-refractivity contribution < 1.29 is 19.2 Å². The number of hydrogen-bond donors (Lipinski definition) is 2. The molecule has 2 heterocycles. The largest absolute Gasteiger partial charge is 0.478 e. The van der Waals surface area contributed by atoms with E-state index in [-0.39, 0.29) is 11.3 Å². The number of rotatable bonds is 3. The number of anilines is 1. The smallest absolute Gasteiger partial charge is 0.339 e. The highest BCUT2D eigenvalue weighted by atomic mass is 32.1. The highest BCUT2D eigenvalue weighted by Gasteiger charge is 2.28. The summed E-state index contributed by atoms with van der Waals surface area (Å²) in [6.45, 7) is 1.71. The first-order valence-corrected chi connectivity index (χ1v) is 7.00. The van der Waals surface area contributed by atoms with E-state index in [4.69, 9.17) is 4.52 Å². The lowest BCUT2D eigenvalue weighted by atomic mass is 10.1. The van der Waals surface area contributed by atoms with Crippen molar-refractivity contribution in [1.82, 2.24) is 5.16 Å². The maximum absolute atomic E-state index is 12.1. The van der Waals surface area contributed by atoms with Crippen LogP contribution in [0.5, 0.6) is 0 Å². The maximum Gasteiger partial charge on any atom is 0.339 e. The topological polar surface area (TPSA) is 92.4 Å². The van der Waals surface area contributed by atoms with Gasteiger partial charge in [0, 0.05) is 10.4 Å². The van der Waals surface area contributed by atoms with Crippen LogP contribution in [0.25, 0.3) is 0 Å². The molecule has 1 amide bonds. The second-order valence-electron chi connectivity index (χ2n) is 4.66. The fraction of sp³-hybridized carbons (Fsp3) is 0.308. The predicted octanol–water partition coefficient (Wildman–Crippen LogP) is 2.48. The summed E-state index contributed by atoms with van der Waals surface area (Å²) in [6.07, 6.45) is 4.04. The first-order chi connectivity index (χ1) is 9.58. The minimum Gasteiger partial charge on any atom is -0.478 e.